The second-order valence-corrected chi connectivity index (χ2v) is 4.77. The average Bonchev–Trinajstić information content (AvgIpc) is 3.12. The van der Waals surface area contributed by atoms with Crippen molar-refractivity contribution in [2.24, 2.45) is 5.92 Å². The summed E-state index contributed by atoms with van der Waals surface area (Å²) in [5.74, 6) is -0.00810. The predicted octanol–water partition coefficient (Wildman–Crippen LogP) is 1.01. The SMILES string of the molecule is O=C(C1CC1)N1CC[C@H](Oc2ncc(F)cn2)C1. The third-order valence-electron chi connectivity index (χ3n) is 3.25. The van der Waals surface area contributed by atoms with Gasteiger partial charge in [0.25, 0.3) is 0 Å². The van der Waals surface area contributed by atoms with Crippen LogP contribution in [-0.2, 0) is 4.79 Å². The quantitative estimate of drug-likeness (QED) is 0.804. The highest BCUT2D eigenvalue weighted by Gasteiger charge is 2.37. The lowest BCUT2D eigenvalue weighted by Gasteiger charge is -2.16. The van der Waals surface area contributed by atoms with Crippen molar-refractivity contribution in [2.75, 3.05) is 13.1 Å². The van der Waals surface area contributed by atoms with Gasteiger partial charge in [-0.05, 0) is 12.8 Å². The van der Waals surface area contributed by atoms with Gasteiger partial charge in [0.05, 0.1) is 18.9 Å². The minimum Gasteiger partial charge on any atom is -0.458 e. The summed E-state index contributed by atoms with van der Waals surface area (Å²) < 4.78 is 18.2. The van der Waals surface area contributed by atoms with Gasteiger partial charge in [-0.2, -0.15) is 0 Å². The van der Waals surface area contributed by atoms with Gasteiger partial charge < -0.3 is 9.64 Å². The van der Waals surface area contributed by atoms with E-state index < -0.39 is 5.82 Å². The van der Waals surface area contributed by atoms with Crippen molar-refractivity contribution >= 4 is 5.91 Å². The molecule has 2 aliphatic rings. The molecule has 0 N–H and O–H groups in total. The van der Waals surface area contributed by atoms with Crippen LogP contribution in [0.15, 0.2) is 12.4 Å². The first-order chi connectivity index (χ1) is 8.72. The van der Waals surface area contributed by atoms with Crippen LogP contribution >= 0.6 is 0 Å². The molecule has 1 aromatic rings. The largest absolute Gasteiger partial charge is 0.458 e. The summed E-state index contributed by atoms with van der Waals surface area (Å²) in [7, 11) is 0. The van der Waals surface area contributed by atoms with E-state index in [-0.39, 0.29) is 23.9 Å². The lowest BCUT2D eigenvalue weighted by atomic mass is 10.3. The standard InChI is InChI=1S/C12H14FN3O2/c13-9-5-14-12(15-6-9)18-10-3-4-16(7-10)11(17)8-1-2-8/h5-6,8,10H,1-4,7H2/t10-/m0/s1. The normalized spacial score (nSPS) is 23.2. The molecule has 2 heterocycles. The highest BCUT2D eigenvalue weighted by atomic mass is 19.1. The Hall–Kier alpha value is -1.72. The van der Waals surface area contributed by atoms with Gasteiger partial charge in [-0.3, -0.25) is 4.79 Å². The molecule has 1 amide bonds. The topological polar surface area (TPSA) is 55.3 Å². The Morgan fingerprint density at radius 3 is 2.72 bits per heavy atom. The minimum absolute atomic E-state index is 0.0850. The van der Waals surface area contributed by atoms with Crippen LogP contribution in [0.25, 0.3) is 0 Å². The molecule has 1 aliphatic heterocycles. The van der Waals surface area contributed by atoms with E-state index in [0.29, 0.717) is 6.54 Å². The van der Waals surface area contributed by atoms with Crippen molar-refractivity contribution in [3.8, 4) is 6.01 Å². The molecule has 1 aliphatic carbocycles. The van der Waals surface area contributed by atoms with Crippen LogP contribution in [0, 0.1) is 11.7 Å². The summed E-state index contributed by atoms with van der Waals surface area (Å²) >= 11 is 0. The van der Waals surface area contributed by atoms with Crippen molar-refractivity contribution in [3.05, 3.63) is 18.2 Å². The van der Waals surface area contributed by atoms with Gasteiger partial charge in [-0.15, -0.1) is 0 Å². The average molecular weight is 251 g/mol. The first kappa shape index (κ1) is 11.4. The summed E-state index contributed by atoms with van der Waals surface area (Å²) in [6, 6.07) is 0.169. The number of hydrogen-bond donors (Lipinski definition) is 0. The Morgan fingerprint density at radius 2 is 2.06 bits per heavy atom. The molecule has 6 heteroatoms. The molecule has 18 heavy (non-hydrogen) atoms. The highest BCUT2D eigenvalue weighted by molar-refractivity contribution is 5.81. The summed E-state index contributed by atoms with van der Waals surface area (Å²) in [5.41, 5.74) is 0. The van der Waals surface area contributed by atoms with Gasteiger partial charge in [-0.1, -0.05) is 0 Å². The fourth-order valence-corrected chi connectivity index (χ4v) is 2.12. The summed E-state index contributed by atoms with van der Waals surface area (Å²) in [6.45, 7) is 1.30. The van der Waals surface area contributed by atoms with E-state index in [1.165, 1.54) is 0 Å². The second-order valence-electron chi connectivity index (χ2n) is 4.77. The molecule has 3 rings (SSSR count). The molecule has 0 bridgehead atoms. The zero-order valence-corrected chi connectivity index (χ0v) is 9.88. The number of nitrogens with zero attached hydrogens (tertiary/aromatic N) is 3. The Labute approximate surface area is 104 Å². The van der Waals surface area contributed by atoms with Crippen molar-refractivity contribution in [2.45, 2.75) is 25.4 Å². The first-order valence-corrected chi connectivity index (χ1v) is 6.15. The number of likely N-dealkylation sites (tertiary alicyclic amines) is 1. The van der Waals surface area contributed by atoms with Gasteiger partial charge in [0, 0.05) is 18.9 Å². The van der Waals surface area contributed by atoms with Gasteiger partial charge in [0.15, 0.2) is 5.82 Å². The number of carbonyl (C=O) groups excluding carboxylic acids is 1. The fourth-order valence-electron chi connectivity index (χ4n) is 2.12. The molecule has 0 spiro atoms. The lowest BCUT2D eigenvalue weighted by molar-refractivity contribution is -0.131. The van der Waals surface area contributed by atoms with Crippen molar-refractivity contribution in [3.63, 3.8) is 0 Å². The van der Waals surface area contributed by atoms with E-state index in [1.54, 1.807) is 0 Å². The van der Waals surface area contributed by atoms with E-state index in [0.717, 1.165) is 38.2 Å². The van der Waals surface area contributed by atoms with Crippen LogP contribution in [0.4, 0.5) is 4.39 Å². The molecule has 1 saturated heterocycles. The Bertz CT molecular complexity index is 447. The van der Waals surface area contributed by atoms with Crippen LogP contribution in [0.3, 0.4) is 0 Å². The summed E-state index contributed by atoms with van der Waals surface area (Å²) in [4.78, 5) is 21.2. The number of rotatable bonds is 3. The van der Waals surface area contributed by atoms with Crippen LogP contribution in [0.2, 0.25) is 0 Å². The van der Waals surface area contributed by atoms with Crippen molar-refractivity contribution < 1.29 is 13.9 Å². The Morgan fingerprint density at radius 1 is 1.33 bits per heavy atom. The number of halogens is 1. The molecule has 2 fully saturated rings. The van der Waals surface area contributed by atoms with E-state index in [4.69, 9.17) is 4.74 Å². The van der Waals surface area contributed by atoms with E-state index in [9.17, 15) is 9.18 Å². The number of ether oxygens (including phenoxy) is 1. The highest BCUT2D eigenvalue weighted by Crippen LogP contribution is 2.32. The number of carbonyl (C=O) groups is 1. The molecular weight excluding hydrogens is 237 g/mol. The second kappa shape index (κ2) is 4.51. The Balaban J connectivity index is 1.55. The Kier molecular flexibility index (Phi) is 2.85. The third kappa shape index (κ3) is 2.42. The fraction of sp³-hybridized carbons (Fsp3) is 0.583. The molecule has 1 saturated carbocycles. The molecule has 1 atom stereocenters. The van der Waals surface area contributed by atoms with Gasteiger partial charge in [0.2, 0.25) is 5.91 Å². The first-order valence-electron chi connectivity index (χ1n) is 6.15. The smallest absolute Gasteiger partial charge is 0.316 e. The number of aromatic nitrogens is 2. The molecule has 96 valence electrons. The molecule has 0 radical (unpaired) electrons. The number of amides is 1. The summed E-state index contributed by atoms with van der Waals surface area (Å²) in [6.07, 6.45) is 4.87. The number of hydrogen-bond acceptors (Lipinski definition) is 4. The van der Waals surface area contributed by atoms with Gasteiger partial charge >= 0.3 is 6.01 Å². The monoisotopic (exact) mass is 251 g/mol. The zero-order chi connectivity index (χ0) is 12.5. The van der Waals surface area contributed by atoms with Crippen LogP contribution in [0.5, 0.6) is 6.01 Å². The van der Waals surface area contributed by atoms with Crippen molar-refractivity contribution in [1.82, 2.24) is 14.9 Å². The van der Waals surface area contributed by atoms with Gasteiger partial charge in [-0.25, -0.2) is 14.4 Å². The summed E-state index contributed by atoms with van der Waals surface area (Å²) in [5, 5.41) is 0. The molecular formula is C12H14FN3O2. The molecule has 0 aromatic carbocycles. The zero-order valence-electron chi connectivity index (χ0n) is 9.88. The molecule has 0 unspecified atom stereocenters. The third-order valence-corrected chi connectivity index (χ3v) is 3.25. The van der Waals surface area contributed by atoms with Gasteiger partial charge in [0.1, 0.15) is 6.10 Å². The molecule has 5 nitrogen and oxygen atoms in total. The molecule has 1 aromatic heterocycles. The maximum atomic E-state index is 12.6. The maximum Gasteiger partial charge on any atom is 0.316 e. The van der Waals surface area contributed by atoms with Crippen LogP contribution in [-0.4, -0.2) is 40.0 Å². The van der Waals surface area contributed by atoms with E-state index in [2.05, 4.69) is 9.97 Å². The maximum absolute atomic E-state index is 12.6. The van der Waals surface area contributed by atoms with Crippen LogP contribution < -0.4 is 4.74 Å². The van der Waals surface area contributed by atoms with Crippen molar-refractivity contribution in [1.29, 1.82) is 0 Å². The van der Waals surface area contributed by atoms with E-state index in [1.807, 2.05) is 4.90 Å². The minimum atomic E-state index is -0.487. The van der Waals surface area contributed by atoms with Crippen LogP contribution in [0.1, 0.15) is 19.3 Å². The predicted molar refractivity (Wildman–Crippen MR) is 60.3 cm³/mol. The lowest BCUT2D eigenvalue weighted by Crippen LogP contribution is -2.32. The van der Waals surface area contributed by atoms with E-state index >= 15 is 0 Å².